The lowest BCUT2D eigenvalue weighted by Gasteiger charge is -2.21. The van der Waals surface area contributed by atoms with Crippen molar-refractivity contribution in [2.75, 3.05) is 0 Å². The number of nitrogens with two attached hydrogens (primary N) is 1. The SMILES string of the molecule is Cc1cnc(C(C)NC(C/C(N)=N/O)c2ccccc2)o1. The fourth-order valence-corrected chi connectivity index (χ4v) is 2.15. The Bertz CT molecular complexity index is 595. The molecular formula is C15H20N4O2. The molecule has 6 heteroatoms. The molecule has 1 aromatic carbocycles. The highest BCUT2D eigenvalue weighted by Gasteiger charge is 2.19. The van der Waals surface area contributed by atoms with Crippen molar-refractivity contribution in [3.05, 3.63) is 53.7 Å². The third kappa shape index (κ3) is 4.06. The minimum absolute atomic E-state index is 0.0876. The van der Waals surface area contributed by atoms with Gasteiger partial charge in [-0.1, -0.05) is 35.5 Å². The van der Waals surface area contributed by atoms with Gasteiger partial charge in [-0.2, -0.15) is 0 Å². The second-order valence-corrected chi connectivity index (χ2v) is 4.96. The van der Waals surface area contributed by atoms with Crippen molar-refractivity contribution in [2.24, 2.45) is 10.9 Å². The fraction of sp³-hybridized carbons (Fsp3) is 0.333. The van der Waals surface area contributed by atoms with Crippen LogP contribution < -0.4 is 11.1 Å². The number of aromatic nitrogens is 1. The maximum atomic E-state index is 8.79. The highest BCUT2D eigenvalue weighted by Crippen LogP contribution is 2.22. The predicted molar refractivity (Wildman–Crippen MR) is 80.0 cm³/mol. The summed E-state index contributed by atoms with van der Waals surface area (Å²) in [5, 5.41) is 15.2. The van der Waals surface area contributed by atoms with E-state index in [2.05, 4.69) is 15.5 Å². The molecule has 0 saturated heterocycles. The molecule has 0 amide bonds. The van der Waals surface area contributed by atoms with E-state index in [1.54, 1.807) is 6.20 Å². The van der Waals surface area contributed by atoms with Crippen molar-refractivity contribution in [3.63, 3.8) is 0 Å². The van der Waals surface area contributed by atoms with Crippen LogP contribution in [0, 0.1) is 6.92 Å². The van der Waals surface area contributed by atoms with Crippen LogP contribution in [-0.2, 0) is 0 Å². The van der Waals surface area contributed by atoms with Crippen molar-refractivity contribution in [2.45, 2.75) is 32.4 Å². The normalized spacial score (nSPS) is 14.9. The Labute approximate surface area is 123 Å². The number of aryl methyl sites for hydroxylation is 1. The van der Waals surface area contributed by atoms with Crippen LogP contribution in [-0.4, -0.2) is 16.0 Å². The van der Waals surface area contributed by atoms with E-state index in [0.29, 0.717) is 12.3 Å². The molecule has 0 radical (unpaired) electrons. The molecule has 0 bridgehead atoms. The molecule has 0 aliphatic carbocycles. The van der Waals surface area contributed by atoms with Crippen LogP contribution in [0.3, 0.4) is 0 Å². The van der Waals surface area contributed by atoms with Gasteiger partial charge in [0.25, 0.3) is 0 Å². The summed E-state index contributed by atoms with van der Waals surface area (Å²) in [5.74, 6) is 1.56. The van der Waals surface area contributed by atoms with Gasteiger partial charge in [-0.25, -0.2) is 4.98 Å². The van der Waals surface area contributed by atoms with Crippen molar-refractivity contribution in [3.8, 4) is 0 Å². The van der Waals surface area contributed by atoms with Crippen LogP contribution >= 0.6 is 0 Å². The average molecular weight is 288 g/mol. The Morgan fingerprint density at radius 3 is 2.71 bits per heavy atom. The molecule has 0 aliphatic rings. The maximum Gasteiger partial charge on any atom is 0.211 e. The van der Waals surface area contributed by atoms with E-state index in [1.165, 1.54) is 0 Å². The van der Waals surface area contributed by atoms with Crippen LogP contribution in [0.2, 0.25) is 0 Å². The molecule has 6 nitrogen and oxygen atoms in total. The highest BCUT2D eigenvalue weighted by atomic mass is 16.4. The second kappa shape index (κ2) is 6.90. The van der Waals surface area contributed by atoms with Gasteiger partial charge in [0.2, 0.25) is 5.89 Å². The molecule has 2 aromatic rings. The minimum Gasteiger partial charge on any atom is -0.444 e. The fourth-order valence-electron chi connectivity index (χ4n) is 2.15. The van der Waals surface area contributed by atoms with Gasteiger partial charge in [-0.3, -0.25) is 5.32 Å². The summed E-state index contributed by atoms with van der Waals surface area (Å²) in [5.41, 5.74) is 6.71. The summed E-state index contributed by atoms with van der Waals surface area (Å²) < 4.78 is 5.53. The zero-order chi connectivity index (χ0) is 15.2. The van der Waals surface area contributed by atoms with Gasteiger partial charge in [0.05, 0.1) is 12.2 Å². The number of rotatable bonds is 6. The number of oxime groups is 1. The number of amidine groups is 1. The first-order valence-corrected chi connectivity index (χ1v) is 6.80. The minimum atomic E-state index is -0.0932. The van der Waals surface area contributed by atoms with Gasteiger partial charge in [0, 0.05) is 12.5 Å². The number of nitrogens with zero attached hydrogens (tertiary/aromatic N) is 2. The second-order valence-electron chi connectivity index (χ2n) is 4.96. The summed E-state index contributed by atoms with van der Waals surface area (Å²) in [7, 11) is 0. The standard InChI is InChI=1S/C15H20N4O2/c1-10-9-17-15(21-10)11(2)18-13(8-14(16)19-20)12-6-4-3-5-7-12/h3-7,9,11,13,18,20H,8H2,1-2H3,(H2,16,19). The zero-order valence-corrected chi connectivity index (χ0v) is 12.2. The summed E-state index contributed by atoms with van der Waals surface area (Å²) in [4.78, 5) is 4.22. The molecule has 2 rings (SSSR count). The van der Waals surface area contributed by atoms with E-state index >= 15 is 0 Å². The lowest BCUT2D eigenvalue weighted by molar-refractivity contribution is 0.314. The van der Waals surface area contributed by atoms with Gasteiger partial charge >= 0.3 is 0 Å². The van der Waals surface area contributed by atoms with E-state index in [1.807, 2.05) is 44.2 Å². The van der Waals surface area contributed by atoms with Gasteiger partial charge in [-0.05, 0) is 19.4 Å². The smallest absolute Gasteiger partial charge is 0.211 e. The largest absolute Gasteiger partial charge is 0.444 e. The Balaban J connectivity index is 2.16. The molecule has 2 atom stereocenters. The van der Waals surface area contributed by atoms with Crippen molar-refractivity contribution < 1.29 is 9.62 Å². The number of nitrogens with one attached hydrogen (secondary N) is 1. The first-order valence-electron chi connectivity index (χ1n) is 6.80. The molecule has 0 fully saturated rings. The summed E-state index contributed by atoms with van der Waals surface area (Å²) >= 11 is 0. The quantitative estimate of drug-likeness (QED) is 0.328. The molecule has 0 aliphatic heterocycles. The first kappa shape index (κ1) is 15.1. The van der Waals surface area contributed by atoms with E-state index in [4.69, 9.17) is 15.4 Å². The lowest BCUT2D eigenvalue weighted by atomic mass is 10.0. The summed E-state index contributed by atoms with van der Waals surface area (Å²) in [6, 6.07) is 9.67. The van der Waals surface area contributed by atoms with Crippen molar-refractivity contribution in [1.82, 2.24) is 10.3 Å². The van der Waals surface area contributed by atoms with Crippen LogP contribution in [0.5, 0.6) is 0 Å². The number of benzene rings is 1. The number of oxazole rings is 1. The molecule has 112 valence electrons. The molecule has 1 heterocycles. The predicted octanol–water partition coefficient (Wildman–Crippen LogP) is 2.51. The topological polar surface area (TPSA) is 96.7 Å². The van der Waals surface area contributed by atoms with Gasteiger partial charge in [-0.15, -0.1) is 0 Å². The third-order valence-corrected chi connectivity index (χ3v) is 3.20. The van der Waals surface area contributed by atoms with E-state index in [-0.39, 0.29) is 17.9 Å². The molecule has 1 aromatic heterocycles. The van der Waals surface area contributed by atoms with Crippen LogP contribution in [0.15, 0.2) is 46.1 Å². The lowest BCUT2D eigenvalue weighted by Crippen LogP contribution is -2.29. The van der Waals surface area contributed by atoms with Crippen molar-refractivity contribution in [1.29, 1.82) is 0 Å². The van der Waals surface area contributed by atoms with E-state index < -0.39 is 0 Å². The van der Waals surface area contributed by atoms with Gasteiger partial charge < -0.3 is 15.4 Å². The molecule has 2 unspecified atom stereocenters. The first-order chi connectivity index (χ1) is 10.1. The Morgan fingerprint density at radius 1 is 1.43 bits per heavy atom. The molecule has 4 N–H and O–H groups in total. The Hall–Kier alpha value is -2.34. The maximum absolute atomic E-state index is 8.79. The molecule has 0 saturated carbocycles. The zero-order valence-electron chi connectivity index (χ0n) is 12.2. The summed E-state index contributed by atoms with van der Waals surface area (Å²) in [6.07, 6.45) is 2.08. The highest BCUT2D eigenvalue weighted by molar-refractivity contribution is 5.80. The van der Waals surface area contributed by atoms with Crippen LogP contribution in [0.4, 0.5) is 0 Å². The number of hydrogen-bond acceptors (Lipinski definition) is 5. The van der Waals surface area contributed by atoms with E-state index in [0.717, 1.165) is 11.3 Å². The average Bonchev–Trinajstić information content (AvgIpc) is 2.94. The van der Waals surface area contributed by atoms with Crippen molar-refractivity contribution >= 4 is 5.84 Å². The van der Waals surface area contributed by atoms with Crippen LogP contribution in [0.25, 0.3) is 0 Å². The summed E-state index contributed by atoms with van der Waals surface area (Å²) in [6.45, 7) is 3.82. The van der Waals surface area contributed by atoms with E-state index in [9.17, 15) is 0 Å². The van der Waals surface area contributed by atoms with Crippen LogP contribution in [0.1, 0.15) is 42.6 Å². The molecule has 21 heavy (non-hydrogen) atoms. The number of hydrogen-bond donors (Lipinski definition) is 3. The third-order valence-electron chi connectivity index (χ3n) is 3.20. The van der Waals surface area contributed by atoms with Gasteiger partial charge in [0.15, 0.2) is 0 Å². The monoisotopic (exact) mass is 288 g/mol. The molecular weight excluding hydrogens is 268 g/mol. The molecule has 0 spiro atoms. The Kier molecular flexibility index (Phi) is 4.94. The van der Waals surface area contributed by atoms with Gasteiger partial charge in [0.1, 0.15) is 11.6 Å². The Morgan fingerprint density at radius 2 is 2.14 bits per heavy atom.